The summed E-state index contributed by atoms with van der Waals surface area (Å²) in [5.41, 5.74) is 1.15. The summed E-state index contributed by atoms with van der Waals surface area (Å²) in [7, 11) is 1.80. The van der Waals surface area contributed by atoms with E-state index >= 15 is 0 Å². The molecule has 1 aliphatic heterocycles. The van der Waals surface area contributed by atoms with Crippen molar-refractivity contribution < 1.29 is 4.74 Å². The van der Waals surface area contributed by atoms with Crippen LogP contribution in [0.25, 0.3) is 0 Å². The summed E-state index contributed by atoms with van der Waals surface area (Å²) < 4.78 is 5.90. The molecule has 0 aromatic heterocycles. The number of aliphatic imine (C=N–C) groups is 1. The number of rotatable bonds is 3. The Morgan fingerprint density at radius 1 is 1.47 bits per heavy atom. The molecule has 15 heavy (non-hydrogen) atoms. The third-order valence-electron chi connectivity index (χ3n) is 2.62. The first kappa shape index (κ1) is 12.2. The largest absolute Gasteiger partial charge is 0.474 e. The normalized spacial score (nSPS) is 20.5. The van der Waals surface area contributed by atoms with Crippen LogP contribution in [-0.2, 0) is 4.74 Å². The molecule has 86 valence electrons. The number of nitrogens with zero attached hydrogens (tertiary/aromatic N) is 1. The molecule has 1 fully saturated rings. The van der Waals surface area contributed by atoms with Crippen molar-refractivity contribution in [1.29, 1.82) is 0 Å². The van der Waals surface area contributed by atoms with E-state index in [1.807, 2.05) is 0 Å². The number of hydrogen-bond donors (Lipinski definition) is 1. The Kier molecular flexibility index (Phi) is 5.40. The maximum atomic E-state index is 5.90. The van der Waals surface area contributed by atoms with E-state index in [-0.39, 0.29) is 0 Å². The van der Waals surface area contributed by atoms with Gasteiger partial charge in [-0.2, -0.15) is 0 Å². The number of piperidine rings is 1. The highest BCUT2D eigenvalue weighted by molar-refractivity contribution is 5.92. The molecule has 1 heterocycles. The minimum Gasteiger partial charge on any atom is -0.474 e. The molecule has 0 aliphatic carbocycles. The quantitative estimate of drug-likeness (QED) is 0.572. The molecule has 0 aromatic carbocycles. The van der Waals surface area contributed by atoms with Gasteiger partial charge in [0.15, 0.2) is 0 Å². The molecule has 1 N–H and O–H groups in total. The van der Waals surface area contributed by atoms with Crippen LogP contribution in [0, 0.1) is 0 Å². The first-order valence-corrected chi connectivity index (χ1v) is 5.79. The van der Waals surface area contributed by atoms with E-state index in [0.29, 0.717) is 6.10 Å². The Labute approximate surface area is 92.6 Å². The average Bonchev–Trinajstić information content (AvgIpc) is 2.27. The topological polar surface area (TPSA) is 33.6 Å². The summed E-state index contributed by atoms with van der Waals surface area (Å²) in [6, 6.07) is 0. The summed E-state index contributed by atoms with van der Waals surface area (Å²) in [4.78, 5) is 4.21. The molecule has 3 heteroatoms. The molecule has 0 aromatic rings. The Balaban J connectivity index is 2.49. The summed E-state index contributed by atoms with van der Waals surface area (Å²) in [6.45, 7) is 6.30. The van der Waals surface area contributed by atoms with Gasteiger partial charge in [-0.1, -0.05) is 13.0 Å². The Morgan fingerprint density at radius 3 is 2.67 bits per heavy atom. The van der Waals surface area contributed by atoms with Crippen molar-refractivity contribution in [1.82, 2.24) is 5.32 Å². The van der Waals surface area contributed by atoms with Crippen molar-refractivity contribution in [2.45, 2.75) is 39.2 Å². The smallest absolute Gasteiger partial charge is 0.211 e. The van der Waals surface area contributed by atoms with Gasteiger partial charge in [0.2, 0.25) is 5.90 Å². The lowest BCUT2D eigenvalue weighted by Crippen LogP contribution is -2.34. The van der Waals surface area contributed by atoms with Crippen molar-refractivity contribution in [3.8, 4) is 0 Å². The highest BCUT2D eigenvalue weighted by Gasteiger charge is 2.16. The van der Waals surface area contributed by atoms with E-state index in [0.717, 1.165) is 43.8 Å². The van der Waals surface area contributed by atoms with Gasteiger partial charge >= 0.3 is 0 Å². The van der Waals surface area contributed by atoms with Crippen LogP contribution in [0.15, 0.2) is 16.6 Å². The maximum Gasteiger partial charge on any atom is 0.211 e. The van der Waals surface area contributed by atoms with E-state index in [1.165, 1.54) is 0 Å². The summed E-state index contributed by atoms with van der Waals surface area (Å²) >= 11 is 0. The predicted octanol–water partition coefficient (Wildman–Crippen LogP) is 2.14. The Morgan fingerprint density at radius 2 is 2.13 bits per heavy atom. The van der Waals surface area contributed by atoms with Crippen LogP contribution in [-0.4, -0.2) is 32.1 Å². The zero-order chi connectivity index (χ0) is 11.1. The standard InChI is InChI=1S/C12H22N2O/c1-4-5-10(2)12(13-3)15-11-6-8-14-9-7-11/h5,11,14H,4,6-9H2,1-3H3/b10-5-,13-12?. The lowest BCUT2D eigenvalue weighted by Gasteiger charge is -2.24. The second-order valence-corrected chi connectivity index (χ2v) is 3.89. The summed E-state index contributed by atoms with van der Waals surface area (Å²) in [6.07, 6.45) is 5.69. The zero-order valence-corrected chi connectivity index (χ0v) is 10.0. The van der Waals surface area contributed by atoms with E-state index in [2.05, 4.69) is 30.2 Å². The molecule has 0 amide bonds. The van der Waals surface area contributed by atoms with Gasteiger partial charge in [-0.05, 0) is 39.3 Å². The molecule has 3 nitrogen and oxygen atoms in total. The summed E-state index contributed by atoms with van der Waals surface area (Å²) in [5, 5.41) is 3.33. The van der Waals surface area contributed by atoms with Crippen molar-refractivity contribution in [2.24, 2.45) is 4.99 Å². The minimum absolute atomic E-state index is 0.338. The van der Waals surface area contributed by atoms with Gasteiger partial charge in [0, 0.05) is 12.6 Å². The van der Waals surface area contributed by atoms with Crippen molar-refractivity contribution in [2.75, 3.05) is 20.1 Å². The number of allylic oxidation sites excluding steroid dienone is 1. The van der Waals surface area contributed by atoms with Crippen LogP contribution in [0.2, 0.25) is 0 Å². The van der Waals surface area contributed by atoms with Crippen molar-refractivity contribution in [3.63, 3.8) is 0 Å². The van der Waals surface area contributed by atoms with Gasteiger partial charge in [0.05, 0.1) is 0 Å². The molecular formula is C12H22N2O. The molecule has 0 radical (unpaired) electrons. The third kappa shape index (κ3) is 4.04. The van der Waals surface area contributed by atoms with E-state index in [4.69, 9.17) is 4.74 Å². The first-order valence-electron chi connectivity index (χ1n) is 5.79. The van der Waals surface area contributed by atoms with Gasteiger partial charge in [-0.15, -0.1) is 0 Å². The van der Waals surface area contributed by atoms with Crippen molar-refractivity contribution in [3.05, 3.63) is 11.6 Å². The van der Waals surface area contributed by atoms with E-state index in [9.17, 15) is 0 Å². The summed E-state index contributed by atoms with van der Waals surface area (Å²) in [5.74, 6) is 0.809. The molecule has 1 saturated heterocycles. The molecule has 0 bridgehead atoms. The molecule has 0 saturated carbocycles. The SMILES string of the molecule is CC/C=C(/C)C(=NC)OC1CCNCC1. The van der Waals surface area contributed by atoms with Crippen LogP contribution in [0.1, 0.15) is 33.1 Å². The fourth-order valence-electron chi connectivity index (χ4n) is 1.79. The minimum atomic E-state index is 0.338. The van der Waals surface area contributed by atoms with Crippen LogP contribution < -0.4 is 5.32 Å². The van der Waals surface area contributed by atoms with Crippen LogP contribution in [0.5, 0.6) is 0 Å². The van der Waals surface area contributed by atoms with Crippen LogP contribution >= 0.6 is 0 Å². The van der Waals surface area contributed by atoms with E-state index < -0.39 is 0 Å². The zero-order valence-electron chi connectivity index (χ0n) is 10.0. The number of ether oxygens (including phenoxy) is 1. The molecule has 0 unspecified atom stereocenters. The fourth-order valence-corrected chi connectivity index (χ4v) is 1.79. The average molecular weight is 210 g/mol. The van der Waals surface area contributed by atoms with E-state index in [1.54, 1.807) is 7.05 Å². The lowest BCUT2D eigenvalue weighted by atomic mass is 10.1. The van der Waals surface area contributed by atoms with Crippen LogP contribution in [0.3, 0.4) is 0 Å². The monoisotopic (exact) mass is 210 g/mol. The van der Waals surface area contributed by atoms with Gasteiger partial charge in [-0.3, -0.25) is 4.99 Å². The van der Waals surface area contributed by atoms with Gasteiger partial charge in [-0.25, -0.2) is 0 Å². The molecule has 1 rings (SSSR count). The molecule has 0 spiro atoms. The second-order valence-electron chi connectivity index (χ2n) is 3.89. The second kappa shape index (κ2) is 6.62. The van der Waals surface area contributed by atoms with Crippen LogP contribution in [0.4, 0.5) is 0 Å². The molecular weight excluding hydrogens is 188 g/mol. The van der Waals surface area contributed by atoms with Crippen molar-refractivity contribution >= 4 is 5.90 Å². The van der Waals surface area contributed by atoms with Gasteiger partial charge in [0.1, 0.15) is 6.10 Å². The number of nitrogens with one attached hydrogen (secondary N) is 1. The fraction of sp³-hybridized carbons (Fsp3) is 0.750. The highest BCUT2D eigenvalue weighted by Crippen LogP contribution is 2.11. The highest BCUT2D eigenvalue weighted by atomic mass is 16.5. The lowest BCUT2D eigenvalue weighted by molar-refractivity contribution is 0.150. The molecule has 0 atom stereocenters. The van der Waals surface area contributed by atoms with Gasteiger partial charge in [0.25, 0.3) is 0 Å². The predicted molar refractivity (Wildman–Crippen MR) is 64.4 cm³/mol. The Hall–Kier alpha value is -0.830. The maximum absolute atomic E-state index is 5.90. The third-order valence-corrected chi connectivity index (χ3v) is 2.62. The molecule has 1 aliphatic rings. The first-order chi connectivity index (χ1) is 7.27. The van der Waals surface area contributed by atoms with Gasteiger partial charge < -0.3 is 10.1 Å². The number of hydrogen-bond acceptors (Lipinski definition) is 3. The Bertz CT molecular complexity index is 240.